The van der Waals surface area contributed by atoms with Gasteiger partial charge in [-0.05, 0) is 38.5 Å². The number of piperazine rings is 2. The molecule has 5 rings (SSSR count). The predicted molar refractivity (Wildman–Crippen MR) is 132 cm³/mol. The molecule has 4 unspecified atom stereocenters. The molecule has 7 atom stereocenters. The van der Waals surface area contributed by atoms with E-state index in [4.69, 9.17) is 0 Å². The minimum absolute atomic E-state index is 0.0430. The Morgan fingerprint density at radius 1 is 1.08 bits per heavy atom. The second-order valence-electron chi connectivity index (χ2n) is 11.7. The van der Waals surface area contributed by atoms with Gasteiger partial charge in [-0.1, -0.05) is 0 Å². The number of halogens is 1. The fraction of sp³-hybridized carbons (Fsp3) is 0.885. The van der Waals surface area contributed by atoms with Crippen LogP contribution in [-0.2, 0) is 14.4 Å². The number of fused-ring (bicyclic) bond motifs is 1. The number of nitrogens with one attached hydrogen (secondary N) is 3. The molecule has 9 nitrogen and oxygen atoms in total. The number of nitrogens with two attached hydrogens (primary N) is 1. The average molecular weight is 509 g/mol. The minimum Gasteiger partial charge on any atom is -0.347 e. The van der Waals surface area contributed by atoms with Crippen molar-refractivity contribution in [2.24, 2.45) is 5.92 Å². The summed E-state index contributed by atoms with van der Waals surface area (Å²) < 4.78 is 13.8. The summed E-state index contributed by atoms with van der Waals surface area (Å²) in [5.41, 5.74) is 0. The van der Waals surface area contributed by atoms with Crippen LogP contribution in [0.25, 0.3) is 0 Å². The Balaban J connectivity index is 1.08. The van der Waals surface area contributed by atoms with Gasteiger partial charge in [-0.25, -0.2) is 4.39 Å². The second-order valence-corrected chi connectivity index (χ2v) is 11.7. The maximum atomic E-state index is 13.8. The minimum atomic E-state index is -0.878. The number of amides is 3. The van der Waals surface area contributed by atoms with Crippen molar-refractivity contribution in [3.63, 3.8) is 0 Å². The Morgan fingerprint density at radius 2 is 1.92 bits per heavy atom. The first-order valence-corrected chi connectivity index (χ1v) is 14.4. The van der Waals surface area contributed by atoms with Gasteiger partial charge in [0.15, 0.2) is 6.04 Å². The molecule has 4 saturated heterocycles. The number of hydrogen-bond donors (Lipinski definition) is 4. The molecule has 0 bridgehead atoms. The third kappa shape index (κ3) is 6.02. The predicted octanol–water partition coefficient (Wildman–Crippen LogP) is -1.85. The Bertz CT molecular complexity index is 801. The lowest BCUT2D eigenvalue weighted by Crippen LogP contribution is -3.21. The lowest BCUT2D eigenvalue weighted by atomic mass is 9.87. The molecule has 0 aromatic rings. The largest absolute Gasteiger partial charge is 0.347 e. The number of rotatable bonds is 6. The zero-order valence-electron chi connectivity index (χ0n) is 21.6. The molecule has 4 aliphatic heterocycles. The maximum Gasteiger partial charge on any atom is 0.278 e. The van der Waals surface area contributed by atoms with E-state index in [-0.39, 0.29) is 41.8 Å². The lowest BCUT2D eigenvalue weighted by Gasteiger charge is -2.39. The number of carbonyl (C=O) groups excluding carboxylic acids is 3. The first kappa shape index (κ1) is 25.9. The smallest absolute Gasteiger partial charge is 0.278 e. The number of nitrogens with zero attached hydrogens (tertiary/aromatic N) is 2. The highest BCUT2D eigenvalue weighted by atomic mass is 19.1. The molecule has 0 spiro atoms. The molecule has 5 aliphatic rings. The van der Waals surface area contributed by atoms with Crippen LogP contribution in [0.1, 0.15) is 64.2 Å². The third-order valence-corrected chi connectivity index (χ3v) is 9.38. The number of alkyl halides is 1. The van der Waals surface area contributed by atoms with Gasteiger partial charge in [0.1, 0.15) is 18.4 Å². The maximum absolute atomic E-state index is 13.8. The topological polar surface area (TPSA) is 103 Å². The van der Waals surface area contributed by atoms with Crippen molar-refractivity contribution in [1.29, 1.82) is 0 Å². The van der Waals surface area contributed by atoms with Crippen LogP contribution in [0.5, 0.6) is 0 Å². The van der Waals surface area contributed by atoms with Crippen LogP contribution in [-0.4, -0.2) is 104 Å². The fourth-order valence-electron chi connectivity index (χ4n) is 7.25. The van der Waals surface area contributed by atoms with Gasteiger partial charge in [-0.2, -0.15) is 0 Å². The SMILES string of the molecule is O=C(N[C@H]1C[C@H]2C(=O)NC[C@@H](CCC(=O)N3CCN(C4CCCC[NH2+]4)CC3)[NH+]2C1)C1CCCC(F)C1. The van der Waals surface area contributed by atoms with Crippen LogP contribution in [0.15, 0.2) is 0 Å². The molecule has 0 radical (unpaired) electrons. The van der Waals surface area contributed by atoms with Crippen molar-refractivity contribution < 1.29 is 29.0 Å². The first-order valence-electron chi connectivity index (χ1n) is 14.4. The number of carbonyl (C=O) groups is 3. The normalized spacial score (nSPS) is 37.8. The van der Waals surface area contributed by atoms with Crippen LogP contribution in [0.3, 0.4) is 0 Å². The summed E-state index contributed by atoms with van der Waals surface area (Å²) in [6, 6.07) is -0.0643. The first-order chi connectivity index (χ1) is 17.5. The van der Waals surface area contributed by atoms with Gasteiger partial charge in [0.2, 0.25) is 11.8 Å². The fourth-order valence-corrected chi connectivity index (χ4v) is 7.25. The van der Waals surface area contributed by atoms with Crippen LogP contribution >= 0.6 is 0 Å². The van der Waals surface area contributed by atoms with Gasteiger partial charge in [-0.3, -0.25) is 19.3 Å². The average Bonchev–Trinajstić information content (AvgIpc) is 3.33. The van der Waals surface area contributed by atoms with Gasteiger partial charge in [0.05, 0.1) is 25.7 Å². The van der Waals surface area contributed by atoms with E-state index in [1.165, 1.54) is 30.7 Å². The molecule has 3 amide bonds. The molecule has 10 heteroatoms. The van der Waals surface area contributed by atoms with E-state index in [9.17, 15) is 18.8 Å². The van der Waals surface area contributed by atoms with Crippen molar-refractivity contribution in [2.45, 2.75) is 94.7 Å². The molecular formula is C26H45FN6O3+2. The zero-order chi connectivity index (χ0) is 25.1. The summed E-state index contributed by atoms with van der Waals surface area (Å²) in [7, 11) is 0. The van der Waals surface area contributed by atoms with Crippen LogP contribution < -0.4 is 20.9 Å². The van der Waals surface area contributed by atoms with Crippen LogP contribution in [0, 0.1) is 5.92 Å². The number of hydrogen-bond acceptors (Lipinski definition) is 4. The van der Waals surface area contributed by atoms with E-state index in [1.807, 2.05) is 4.90 Å². The van der Waals surface area contributed by atoms with Crippen LogP contribution in [0.4, 0.5) is 4.39 Å². The highest BCUT2D eigenvalue weighted by Crippen LogP contribution is 2.26. The molecular weight excluding hydrogens is 463 g/mol. The number of piperidine rings is 1. The third-order valence-electron chi connectivity index (χ3n) is 9.38. The van der Waals surface area contributed by atoms with Gasteiger partial charge >= 0.3 is 0 Å². The molecule has 1 aliphatic carbocycles. The van der Waals surface area contributed by atoms with Gasteiger partial charge < -0.3 is 25.8 Å². The zero-order valence-corrected chi connectivity index (χ0v) is 21.6. The summed E-state index contributed by atoms with van der Waals surface area (Å²) in [6.07, 6.45) is 7.82. The number of quaternary nitrogens is 2. The van der Waals surface area contributed by atoms with Crippen molar-refractivity contribution in [3.05, 3.63) is 0 Å². The van der Waals surface area contributed by atoms with E-state index in [1.54, 1.807) is 0 Å². The van der Waals surface area contributed by atoms with E-state index < -0.39 is 6.17 Å². The lowest BCUT2D eigenvalue weighted by molar-refractivity contribution is -0.930. The van der Waals surface area contributed by atoms with Gasteiger partial charge in [0.25, 0.3) is 5.91 Å². The molecule has 4 heterocycles. The summed E-state index contributed by atoms with van der Waals surface area (Å²) in [5.74, 6) is -0.0440. The highest BCUT2D eigenvalue weighted by Gasteiger charge is 2.48. The van der Waals surface area contributed by atoms with E-state index in [2.05, 4.69) is 20.9 Å². The Kier molecular flexibility index (Phi) is 8.42. The summed E-state index contributed by atoms with van der Waals surface area (Å²) >= 11 is 0. The molecule has 0 aromatic carbocycles. The van der Waals surface area contributed by atoms with Gasteiger partial charge in [-0.15, -0.1) is 0 Å². The van der Waals surface area contributed by atoms with E-state index in [0.29, 0.717) is 44.9 Å². The molecule has 202 valence electrons. The molecule has 5 fully saturated rings. The Hall–Kier alpha value is -1.78. The van der Waals surface area contributed by atoms with E-state index in [0.717, 1.165) is 45.4 Å². The summed E-state index contributed by atoms with van der Waals surface area (Å²) in [4.78, 5) is 44.1. The molecule has 1 saturated carbocycles. The molecule has 5 N–H and O–H groups in total. The second kappa shape index (κ2) is 11.7. The quantitative estimate of drug-likeness (QED) is 0.338. The Morgan fingerprint density at radius 3 is 2.67 bits per heavy atom. The van der Waals surface area contributed by atoms with Gasteiger partial charge in [0, 0.05) is 57.8 Å². The monoisotopic (exact) mass is 508 g/mol. The van der Waals surface area contributed by atoms with E-state index >= 15 is 0 Å². The van der Waals surface area contributed by atoms with Crippen molar-refractivity contribution in [3.8, 4) is 0 Å². The molecule has 36 heavy (non-hydrogen) atoms. The summed E-state index contributed by atoms with van der Waals surface area (Å²) in [6.45, 7) is 6.01. The van der Waals surface area contributed by atoms with Crippen molar-refractivity contribution in [1.82, 2.24) is 20.4 Å². The highest BCUT2D eigenvalue weighted by molar-refractivity contribution is 5.82. The van der Waals surface area contributed by atoms with Crippen molar-refractivity contribution >= 4 is 17.7 Å². The summed E-state index contributed by atoms with van der Waals surface area (Å²) in [5, 5.41) is 8.61. The Labute approximate surface area is 213 Å². The standard InChI is InChI=1S/C26H43FN6O3/c27-19-5-3-4-18(14-19)25(35)30-20-15-22-26(36)29-16-21(33(22)17-20)7-8-24(34)32-12-10-31(11-13-32)23-6-1-2-9-28-23/h18-23,28H,1-17H2,(H,29,36)(H,30,35)/p+2/t18?,19?,20-,21+,22-,23?/m0/s1. The van der Waals surface area contributed by atoms with Crippen molar-refractivity contribution in [2.75, 3.05) is 45.8 Å². The van der Waals surface area contributed by atoms with Crippen LogP contribution in [0.2, 0.25) is 0 Å². The molecule has 0 aromatic heterocycles.